The number of hydrogen-bond acceptors (Lipinski definition) is 3. The number of nitrogens with zero attached hydrogens (tertiary/aromatic N) is 2. The van der Waals surface area contributed by atoms with Crippen molar-refractivity contribution < 1.29 is 18.6 Å². The highest BCUT2D eigenvalue weighted by molar-refractivity contribution is 6.09. The molecule has 5 nitrogen and oxygen atoms in total. The number of rotatable bonds is 9. The molecule has 0 radical (unpaired) electrons. The number of benzene rings is 4. The molecule has 0 spiro atoms. The molecule has 0 aliphatic carbocycles. The summed E-state index contributed by atoms with van der Waals surface area (Å²) < 4.78 is 39.4. The van der Waals surface area contributed by atoms with Gasteiger partial charge < -0.3 is 24.3 Å². The highest BCUT2D eigenvalue weighted by Gasteiger charge is 2.21. The van der Waals surface area contributed by atoms with E-state index in [2.05, 4.69) is 35.2 Å². The molecule has 4 aromatic carbocycles. The van der Waals surface area contributed by atoms with Gasteiger partial charge in [-0.1, -0.05) is 36.4 Å². The number of aromatic nitrogens is 2. The van der Waals surface area contributed by atoms with Crippen molar-refractivity contribution in [2.75, 3.05) is 13.2 Å². The van der Waals surface area contributed by atoms with Crippen LogP contribution >= 0.6 is 0 Å². The van der Waals surface area contributed by atoms with Crippen molar-refractivity contribution in [1.29, 1.82) is 0 Å². The molecule has 6 aromatic rings. The Morgan fingerprint density at radius 2 is 1.17 bits per heavy atom. The monoisotopic (exact) mass is 555 g/mol. The molecule has 0 amide bonds. The molecule has 0 fully saturated rings. The largest absolute Gasteiger partial charge is 0.389 e. The summed E-state index contributed by atoms with van der Waals surface area (Å²) in [5, 5.41) is 17.8. The smallest absolute Gasteiger partial charge is 0.123 e. The van der Waals surface area contributed by atoms with Crippen LogP contribution in [0.3, 0.4) is 0 Å². The van der Waals surface area contributed by atoms with Gasteiger partial charge in [-0.25, -0.2) is 8.78 Å². The van der Waals surface area contributed by atoms with Crippen LogP contribution in [0, 0.1) is 11.6 Å². The number of aliphatic hydroxyl groups is 1. The minimum atomic E-state index is -0.698. The van der Waals surface area contributed by atoms with Crippen molar-refractivity contribution in [3.63, 3.8) is 0 Å². The van der Waals surface area contributed by atoms with Crippen molar-refractivity contribution in [3.05, 3.63) is 96.6 Å². The van der Waals surface area contributed by atoms with Crippen LogP contribution in [0.1, 0.15) is 20.8 Å². The SMILES string of the molecule is CC(C)(C)NCC(O)COC(Cn1c2ccccc2c2cc(F)ccc21)Cn1c2ccccc2c2cc(F)ccc21. The highest BCUT2D eigenvalue weighted by Crippen LogP contribution is 2.32. The second-order valence-electron chi connectivity index (χ2n) is 11.8. The first kappa shape index (κ1) is 27.4. The molecule has 41 heavy (non-hydrogen) atoms. The molecule has 1 unspecified atom stereocenters. The molecule has 2 N–H and O–H groups in total. The Hall–Kier alpha value is -3.78. The first-order valence-electron chi connectivity index (χ1n) is 14.1. The van der Waals surface area contributed by atoms with Gasteiger partial charge in [0.15, 0.2) is 0 Å². The molecule has 212 valence electrons. The zero-order chi connectivity index (χ0) is 28.7. The molecular formula is C34H35F2N3O2. The fraction of sp³-hybridized carbons (Fsp3) is 0.294. The van der Waals surface area contributed by atoms with Crippen molar-refractivity contribution >= 4 is 43.6 Å². The number of β-amino-alcohol motifs (C(OH)–C–C–N with tert-alkyl or cyclic N) is 1. The first-order chi connectivity index (χ1) is 19.7. The van der Waals surface area contributed by atoms with Crippen LogP contribution in [-0.4, -0.2) is 45.1 Å². The maximum Gasteiger partial charge on any atom is 0.123 e. The molecule has 0 saturated heterocycles. The Morgan fingerprint density at radius 3 is 1.66 bits per heavy atom. The Balaban J connectivity index is 1.40. The standard InChI is InChI=1S/C34H35F2N3O2/c1-34(2,3)37-18-24(40)21-41-25(19-38-30-10-6-4-8-26(30)28-16-22(35)12-14-32(28)38)20-39-31-11-7-5-9-27(31)29-17-23(36)13-15-33(29)39/h4-17,24-25,37,40H,18-21H2,1-3H3. The van der Waals surface area contributed by atoms with Crippen molar-refractivity contribution in [2.24, 2.45) is 0 Å². The third kappa shape index (κ3) is 5.58. The zero-order valence-corrected chi connectivity index (χ0v) is 23.6. The number of halogens is 2. The Morgan fingerprint density at radius 1 is 0.707 bits per heavy atom. The molecule has 0 bridgehead atoms. The lowest BCUT2D eigenvalue weighted by molar-refractivity contribution is -0.0220. The molecule has 0 saturated carbocycles. The fourth-order valence-electron chi connectivity index (χ4n) is 5.75. The van der Waals surface area contributed by atoms with Crippen LogP contribution in [0.4, 0.5) is 8.78 Å². The van der Waals surface area contributed by atoms with Crippen LogP contribution < -0.4 is 5.32 Å². The van der Waals surface area contributed by atoms with Crippen LogP contribution in [0.5, 0.6) is 0 Å². The number of ether oxygens (including phenoxy) is 1. The van der Waals surface area contributed by atoms with Gasteiger partial charge in [0.2, 0.25) is 0 Å². The average Bonchev–Trinajstić information content (AvgIpc) is 3.42. The second-order valence-corrected chi connectivity index (χ2v) is 11.8. The van der Waals surface area contributed by atoms with E-state index in [9.17, 15) is 13.9 Å². The predicted octanol–water partition coefficient (Wildman–Crippen LogP) is 7.02. The van der Waals surface area contributed by atoms with Crippen LogP contribution in [0.15, 0.2) is 84.9 Å². The van der Waals surface area contributed by atoms with Gasteiger partial charge in [-0.05, 0) is 69.3 Å². The third-order valence-electron chi connectivity index (χ3n) is 7.63. The topological polar surface area (TPSA) is 51.3 Å². The Labute approximate surface area is 237 Å². The number of nitrogens with one attached hydrogen (secondary N) is 1. The maximum absolute atomic E-state index is 14.3. The van der Waals surface area contributed by atoms with Gasteiger partial charge in [0.1, 0.15) is 11.6 Å². The van der Waals surface area contributed by atoms with E-state index in [1.165, 1.54) is 12.1 Å². The first-order valence-corrected chi connectivity index (χ1v) is 14.1. The molecule has 1 atom stereocenters. The number of aliphatic hydroxyl groups excluding tert-OH is 1. The van der Waals surface area contributed by atoms with E-state index < -0.39 is 6.10 Å². The average molecular weight is 556 g/mol. The van der Waals surface area contributed by atoms with Gasteiger partial charge in [-0.3, -0.25) is 0 Å². The summed E-state index contributed by atoms with van der Waals surface area (Å²) in [5.74, 6) is -0.555. The fourth-order valence-corrected chi connectivity index (χ4v) is 5.75. The van der Waals surface area contributed by atoms with Gasteiger partial charge >= 0.3 is 0 Å². The summed E-state index contributed by atoms with van der Waals surface area (Å²) in [4.78, 5) is 0. The molecule has 0 aliphatic rings. The minimum absolute atomic E-state index is 0.128. The molecule has 0 aliphatic heterocycles. The van der Waals surface area contributed by atoms with Gasteiger partial charge in [-0.2, -0.15) is 0 Å². The van der Waals surface area contributed by atoms with Crippen LogP contribution in [0.25, 0.3) is 43.6 Å². The normalized spacial score (nSPS) is 13.3. The summed E-state index contributed by atoms with van der Waals surface area (Å²) in [6, 6.07) is 25.7. The Kier molecular flexibility index (Phi) is 7.28. The van der Waals surface area contributed by atoms with Gasteiger partial charge in [-0.15, -0.1) is 0 Å². The van der Waals surface area contributed by atoms with E-state index in [-0.39, 0.29) is 29.9 Å². The lowest BCUT2D eigenvalue weighted by Crippen LogP contribution is -2.42. The number of para-hydroxylation sites is 2. The number of fused-ring (bicyclic) bond motifs is 6. The molecule has 2 aromatic heterocycles. The van der Waals surface area contributed by atoms with Crippen LogP contribution in [-0.2, 0) is 17.8 Å². The van der Waals surface area contributed by atoms with E-state index in [1.54, 1.807) is 12.1 Å². The van der Waals surface area contributed by atoms with E-state index in [4.69, 9.17) is 4.74 Å². The minimum Gasteiger partial charge on any atom is -0.389 e. The van der Waals surface area contributed by atoms with Crippen molar-refractivity contribution in [2.45, 2.75) is 51.6 Å². The zero-order valence-electron chi connectivity index (χ0n) is 23.6. The van der Waals surface area contributed by atoms with Gasteiger partial charge in [0, 0.05) is 55.7 Å². The van der Waals surface area contributed by atoms with Gasteiger partial charge in [0.05, 0.1) is 31.9 Å². The molecule has 6 rings (SSSR count). The second kappa shape index (κ2) is 10.9. The summed E-state index contributed by atoms with van der Waals surface area (Å²) in [5.41, 5.74) is 3.68. The predicted molar refractivity (Wildman–Crippen MR) is 162 cm³/mol. The van der Waals surface area contributed by atoms with E-state index in [0.717, 1.165) is 43.6 Å². The molecule has 7 heteroatoms. The molecule has 2 heterocycles. The van der Waals surface area contributed by atoms with Crippen molar-refractivity contribution in [3.8, 4) is 0 Å². The summed E-state index contributed by atoms with van der Waals surface area (Å²) in [6.45, 7) is 7.66. The quantitative estimate of drug-likeness (QED) is 0.202. The summed E-state index contributed by atoms with van der Waals surface area (Å²) in [6.07, 6.45) is -1.05. The van der Waals surface area contributed by atoms with E-state index in [1.807, 2.05) is 60.7 Å². The summed E-state index contributed by atoms with van der Waals surface area (Å²) in [7, 11) is 0. The lowest BCUT2D eigenvalue weighted by atomic mass is 10.1. The van der Waals surface area contributed by atoms with Crippen LogP contribution in [0.2, 0.25) is 0 Å². The lowest BCUT2D eigenvalue weighted by Gasteiger charge is -2.25. The Bertz CT molecular complexity index is 1730. The summed E-state index contributed by atoms with van der Waals surface area (Å²) >= 11 is 0. The molecular weight excluding hydrogens is 520 g/mol. The third-order valence-corrected chi connectivity index (χ3v) is 7.63. The maximum atomic E-state index is 14.3. The van der Waals surface area contributed by atoms with Gasteiger partial charge in [0.25, 0.3) is 0 Å². The van der Waals surface area contributed by atoms with Crippen molar-refractivity contribution in [1.82, 2.24) is 14.5 Å². The van der Waals surface area contributed by atoms with E-state index in [0.29, 0.717) is 19.6 Å². The van der Waals surface area contributed by atoms with E-state index >= 15 is 0 Å². The highest BCUT2D eigenvalue weighted by atomic mass is 19.1. The number of hydrogen-bond donors (Lipinski definition) is 2.